The second kappa shape index (κ2) is 6.01. The number of halogens is 2. The standard InChI is InChI=1S/C15H15Br2NO2S/c16-10-5-12(21-14(10)17)13(19)15(7-18)6-9-3-1-2-4-11(9)20-8-15/h1-5,13,19H,6-8,18H2. The van der Waals surface area contributed by atoms with E-state index < -0.39 is 11.5 Å². The van der Waals surface area contributed by atoms with Crippen LogP contribution in [0, 0.1) is 5.41 Å². The van der Waals surface area contributed by atoms with Gasteiger partial charge in [-0.05, 0) is 56.0 Å². The van der Waals surface area contributed by atoms with Crippen LogP contribution in [0.3, 0.4) is 0 Å². The molecule has 1 aliphatic rings. The van der Waals surface area contributed by atoms with Gasteiger partial charge in [0.1, 0.15) is 5.75 Å². The lowest BCUT2D eigenvalue weighted by atomic mass is 9.75. The number of nitrogens with two attached hydrogens (primary N) is 1. The Morgan fingerprint density at radius 1 is 1.38 bits per heavy atom. The van der Waals surface area contributed by atoms with Gasteiger partial charge in [0.2, 0.25) is 0 Å². The van der Waals surface area contributed by atoms with Gasteiger partial charge >= 0.3 is 0 Å². The molecule has 2 atom stereocenters. The molecule has 3 N–H and O–H groups in total. The molecular formula is C15H15Br2NO2S. The maximum atomic E-state index is 10.9. The van der Waals surface area contributed by atoms with Crippen molar-refractivity contribution < 1.29 is 9.84 Å². The highest BCUT2D eigenvalue weighted by atomic mass is 79.9. The van der Waals surface area contributed by atoms with E-state index in [0.29, 0.717) is 19.6 Å². The highest BCUT2D eigenvalue weighted by Gasteiger charge is 2.42. The molecule has 1 aliphatic heterocycles. The van der Waals surface area contributed by atoms with Crippen LogP contribution in [0.5, 0.6) is 5.75 Å². The number of thiophene rings is 1. The maximum Gasteiger partial charge on any atom is 0.122 e. The monoisotopic (exact) mass is 431 g/mol. The zero-order valence-corrected chi connectivity index (χ0v) is 15.2. The van der Waals surface area contributed by atoms with Crippen LogP contribution in [0.1, 0.15) is 16.5 Å². The third-order valence-electron chi connectivity index (χ3n) is 3.95. The zero-order valence-electron chi connectivity index (χ0n) is 11.2. The van der Waals surface area contributed by atoms with Gasteiger partial charge < -0.3 is 15.6 Å². The summed E-state index contributed by atoms with van der Waals surface area (Å²) >= 11 is 8.46. The largest absolute Gasteiger partial charge is 0.493 e. The lowest BCUT2D eigenvalue weighted by molar-refractivity contribution is -0.0140. The molecule has 3 nitrogen and oxygen atoms in total. The van der Waals surface area contributed by atoms with Crippen molar-refractivity contribution in [2.24, 2.45) is 11.1 Å². The summed E-state index contributed by atoms with van der Waals surface area (Å²) in [6.07, 6.45) is 0.0667. The topological polar surface area (TPSA) is 55.5 Å². The number of hydrogen-bond acceptors (Lipinski definition) is 4. The molecule has 0 saturated heterocycles. The predicted octanol–water partition coefficient (Wildman–Crippen LogP) is 3.89. The van der Waals surface area contributed by atoms with E-state index in [4.69, 9.17) is 10.5 Å². The molecule has 3 rings (SSSR count). The Kier molecular flexibility index (Phi) is 4.43. The van der Waals surface area contributed by atoms with Gasteiger partial charge in [-0.25, -0.2) is 0 Å². The normalized spacial score (nSPS) is 22.5. The minimum Gasteiger partial charge on any atom is -0.493 e. The average molecular weight is 433 g/mol. The van der Waals surface area contributed by atoms with Crippen molar-refractivity contribution in [2.75, 3.05) is 13.2 Å². The van der Waals surface area contributed by atoms with Crippen molar-refractivity contribution in [1.82, 2.24) is 0 Å². The molecule has 1 aromatic carbocycles. The van der Waals surface area contributed by atoms with Crippen LogP contribution in [0.15, 0.2) is 38.6 Å². The Balaban J connectivity index is 1.94. The molecular weight excluding hydrogens is 418 g/mol. The lowest BCUT2D eigenvalue weighted by Crippen LogP contribution is -2.45. The summed E-state index contributed by atoms with van der Waals surface area (Å²) in [6, 6.07) is 9.88. The summed E-state index contributed by atoms with van der Waals surface area (Å²) in [5, 5.41) is 10.9. The molecule has 112 valence electrons. The molecule has 1 aromatic heterocycles. The molecule has 2 aromatic rings. The SMILES string of the molecule is NCC1(C(O)c2cc(Br)c(Br)s2)COc2ccccc2C1. The van der Waals surface area contributed by atoms with E-state index in [1.165, 1.54) is 11.3 Å². The number of aliphatic hydroxyl groups is 1. The zero-order chi connectivity index (χ0) is 15.0. The maximum absolute atomic E-state index is 10.9. The average Bonchev–Trinajstić information content (AvgIpc) is 2.85. The minimum absolute atomic E-state index is 0.371. The fraction of sp³-hybridized carbons (Fsp3) is 0.333. The van der Waals surface area contributed by atoms with Crippen molar-refractivity contribution in [1.29, 1.82) is 0 Å². The summed E-state index contributed by atoms with van der Waals surface area (Å²) in [4.78, 5) is 0.891. The number of para-hydroxylation sites is 1. The highest BCUT2D eigenvalue weighted by Crippen LogP contribution is 2.46. The molecule has 6 heteroatoms. The molecule has 0 aliphatic carbocycles. The quantitative estimate of drug-likeness (QED) is 0.773. The van der Waals surface area contributed by atoms with Gasteiger partial charge in [-0.2, -0.15) is 0 Å². The molecule has 0 bridgehead atoms. The molecule has 21 heavy (non-hydrogen) atoms. The number of benzene rings is 1. The number of hydrogen-bond donors (Lipinski definition) is 2. The summed E-state index contributed by atoms with van der Waals surface area (Å²) in [5.74, 6) is 0.891. The smallest absolute Gasteiger partial charge is 0.122 e. The molecule has 0 spiro atoms. The highest BCUT2D eigenvalue weighted by molar-refractivity contribution is 9.13. The van der Waals surface area contributed by atoms with Crippen LogP contribution in [0.2, 0.25) is 0 Å². The van der Waals surface area contributed by atoms with Crippen molar-refractivity contribution in [3.8, 4) is 5.75 Å². The number of aliphatic hydroxyl groups excluding tert-OH is 1. The fourth-order valence-electron chi connectivity index (χ4n) is 2.66. The first-order chi connectivity index (χ1) is 10.1. The van der Waals surface area contributed by atoms with Gasteiger partial charge in [0, 0.05) is 15.9 Å². The van der Waals surface area contributed by atoms with E-state index in [2.05, 4.69) is 31.9 Å². The van der Waals surface area contributed by atoms with Crippen LogP contribution < -0.4 is 10.5 Å². The Morgan fingerprint density at radius 3 is 2.81 bits per heavy atom. The number of rotatable bonds is 3. The Hall–Kier alpha value is -0.400. The Labute approximate surface area is 144 Å². The Bertz CT molecular complexity index is 641. The lowest BCUT2D eigenvalue weighted by Gasteiger charge is -2.40. The van der Waals surface area contributed by atoms with E-state index in [0.717, 1.165) is 24.4 Å². The van der Waals surface area contributed by atoms with Gasteiger partial charge in [-0.3, -0.25) is 0 Å². The van der Waals surface area contributed by atoms with Gasteiger partial charge in [0.25, 0.3) is 0 Å². The van der Waals surface area contributed by atoms with Crippen LogP contribution in [0.25, 0.3) is 0 Å². The summed E-state index contributed by atoms with van der Waals surface area (Å²) in [6.45, 7) is 0.796. The third-order valence-corrected chi connectivity index (χ3v) is 7.26. The van der Waals surface area contributed by atoms with E-state index in [1.54, 1.807) is 0 Å². The first kappa shape index (κ1) is 15.5. The fourth-order valence-corrected chi connectivity index (χ4v) is 4.88. The second-order valence-electron chi connectivity index (χ2n) is 5.31. The summed E-state index contributed by atoms with van der Waals surface area (Å²) in [5.41, 5.74) is 6.63. The molecule has 0 fully saturated rings. The van der Waals surface area contributed by atoms with Gasteiger partial charge in [-0.15, -0.1) is 11.3 Å². The summed E-state index contributed by atoms with van der Waals surface area (Å²) in [7, 11) is 0. The number of ether oxygens (including phenoxy) is 1. The molecule has 0 saturated carbocycles. The Morgan fingerprint density at radius 2 is 2.14 bits per heavy atom. The van der Waals surface area contributed by atoms with Crippen LogP contribution in [-0.4, -0.2) is 18.3 Å². The van der Waals surface area contributed by atoms with Gasteiger partial charge in [0.15, 0.2) is 0 Å². The summed E-state index contributed by atoms with van der Waals surface area (Å²) < 4.78 is 7.77. The van der Waals surface area contributed by atoms with Crippen molar-refractivity contribution in [3.05, 3.63) is 49.0 Å². The van der Waals surface area contributed by atoms with Crippen molar-refractivity contribution >= 4 is 43.2 Å². The van der Waals surface area contributed by atoms with Crippen molar-refractivity contribution in [2.45, 2.75) is 12.5 Å². The van der Waals surface area contributed by atoms with Gasteiger partial charge in [-0.1, -0.05) is 18.2 Å². The van der Waals surface area contributed by atoms with Crippen LogP contribution >= 0.6 is 43.2 Å². The predicted molar refractivity (Wildman–Crippen MR) is 91.8 cm³/mol. The molecule has 0 radical (unpaired) electrons. The first-order valence-electron chi connectivity index (χ1n) is 6.59. The molecule has 2 heterocycles. The van der Waals surface area contributed by atoms with Gasteiger partial charge in [0.05, 0.1) is 21.9 Å². The van der Waals surface area contributed by atoms with Crippen LogP contribution in [-0.2, 0) is 6.42 Å². The minimum atomic E-state index is -0.650. The van der Waals surface area contributed by atoms with E-state index in [1.807, 2.05) is 30.3 Å². The molecule has 0 amide bonds. The number of fused-ring (bicyclic) bond motifs is 1. The van der Waals surface area contributed by atoms with E-state index in [9.17, 15) is 5.11 Å². The van der Waals surface area contributed by atoms with E-state index >= 15 is 0 Å². The first-order valence-corrected chi connectivity index (χ1v) is 8.99. The third kappa shape index (κ3) is 2.80. The van der Waals surface area contributed by atoms with Crippen LogP contribution in [0.4, 0.5) is 0 Å². The van der Waals surface area contributed by atoms with Crippen molar-refractivity contribution in [3.63, 3.8) is 0 Å². The second-order valence-corrected chi connectivity index (χ2v) is 8.57. The van der Waals surface area contributed by atoms with E-state index in [-0.39, 0.29) is 0 Å². The molecule has 2 unspecified atom stereocenters.